The summed E-state index contributed by atoms with van der Waals surface area (Å²) in [6.07, 6.45) is -0.941. The number of fused-ring (bicyclic) bond motifs is 1. The Bertz CT molecular complexity index is 1120. The molecule has 0 aliphatic rings. The number of ether oxygens (including phenoxy) is 2. The van der Waals surface area contributed by atoms with Crippen molar-refractivity contribution in [2.24, 2.45) is 0 Å². The molecule has 3 aromatic rings. The number of esters is 1. The van der Waals surface area contributed by atoms with Crippen molar-refractivity contribution in [3.8, 4) is 17.1 Å². The minimum Gasteiger partial charge on any atom is -0.471 e. The van der Waals surface area contributed by atoms with Gasteiger partial charge in [0.05, 0.1) is 12.0 Å². The molecule has 0 amide bonds. The molecule has 0 bridgehead atoms. The van der Waals surface area contributed by atoms with Gasteiger partial charge in [-0.05, 0) is 49.4 Å². The molecule has 0 saturated carbocycles. The molecule has 0 N–H and O–H groups in total. The van der Waals surface area contributed by atoms with Crippen LogP contribution in [-0.4, -0.2) is 18.7 Å². The fourth-order valence-electron chi connectivity index (χ4n) is 3.19. The maximum Gasteiger partial charge on any atom is 0.347 e. The Morgan fingerprint density at radius 3 is 2.37 bits per heavy atom. The molecule has 2 aromatic carbocycles. The summed E-state index contributed by atoms with van der Waals surface area (Å²) in [4.78, 5) is 25.3. The second-order valence-corrected chi connectivity index (χ2v) is 8.43. The Morgan fingerprint density at radius 2 is 1.77 bits per heavy atom. The number of hydrogen-bond donors (Lipinski definition) is 0. The van der Waals surface area contributed by atoms with Gasteiger partial charge in [-0.15, -0.1) is 0 Å². The summed E-state index contributed by atoms with van der Waals surface area (Å²) in [7, 11) is 0. The molecule has 1 atom stereocenters. The smallest absolute Gasteiger partial charge is 0.347 e. The summed E-state index contributed by atoms with van der Waals surface area (Å²) < 4.78 is 17.0. The van der Waals surface area contributed by atoms with Gasteiger partial charge in [0, 0.05) is 5.56 Å². The highest BCUT2D eigenvalue weighted by Gasteiger charge is 2.24. The zero-order chi connectivity index (χ0) is 22.1. The Hall–Kier alpha value is -3.08. The third kappa shape index (κ3) is 4.40. The fourth-order valence-corrected chi connectivity index (χ4v) is 3.19. The van der Waals surface area contributed by atoms with Gasteiger partial charge in [0.2, 0.25) is 11.2 Å². The van der Waals surface area contributed by atoms with Crippen molar-refractivity contribution in [2.75, 3.05) is 6.61 Å². The van der Waals surface area contributed by atoms with Gasteiger partial charge in [-0.1, -0.05) is 51.1 Å². The highest BCUT2D eigenvalue weighted by atomic mass is 16.6. The quantitative estimate of drug-likeness (QED) is 0.529. The van der Waals surface area contributed by atoms with Gasteiger partial charge in [0.1, 0.15) is 5.58 Å². The van der Waals surface area contributed by atoms with E-state index in [9.17, 15) is 9.59 Å². The van der Waals surface area contributed by atoms with E-state index < -0.39 is 12.1 Å². The maximum absolute atomic E-state index is 13.2. The average molecular weight is 408 g/mol. The Balaban J connectivity index is 2.17. The second-order valence-electron chi connectivity index (χ2n) is 8.43. The third-order valence-corrected chi connectivity index (χ3v) is 4.93. The van der Waals surface area contributed by atoms with Crippen LogP contribution in [0.15, 0.2) is 51.7 Å². The number of carbonyl (C=O) groups excluding carboxylic acids is 1. The van der Waals surface area contributed by atoms with E-state index in [1.54, 1.807) is 19.9 Å². The van der Waals surface area contributed by atoms with Crippen LogP contribution in [0.5, 0.6) is 5.75 Å². The van der Waals surface area contributed by atoms with Gasteiger partial charge in [-0.3, -0.25) is 4.79 Å². The van der Waals surface area contributed by atoms with E-state index in [1.165, 1.54) is 0 Å². The van der Waals surface area contributed by atoms with Crippen molar-refractivity contribution < 1.29 is 18.7 Å². The van der Waals surface area contributed by atoms with Crippen molar-refractivity contribution in [1.82, 2.24) is 0 Å². The van der Waals surface area contributed by atoms with Gasteiger partial charge in [-0.25, -0.2) is 4.79 Å². The largest absolute Gasteiger partial charge is 0.471 e. The van der Waals surface area contributed by atoms with E-state index in [2.05, 4.69) is 20.8 Å². The molecular formula is C25H28O5. The van der Waals surface area contributed by atoms with Crippen LogP contribution in [0.2, 0.25) is 0 Å². The van der Waals surface area contributed by atoms with Crippen LogP contribution in [0, 0.1) is 6.92 Å². The molecule has 158 valence electrons. The predicted octanol–water partition coefficient (Wildman–Crippen LogP) is 5.40. The van der Waals surface area contributed by atoms with E-state index in [4.69, 9.17) is 13.9 Å². The van der Waals surface area contributed by atoms with E-state index in [-0.39, 0.29) is 23.2 Å². The lowest BCUT2D eigenvalue weighted by Crippen LogP contribution is -2.28. The van der Waals surface area contributed by atoms with Crippen LogP contribution >= 0.6 is 0 Å². The monoisotopic (exact) mass is 408 g/mol. The Morgan fingerprint density at radius 1 is 1.10 bits per heavy atom. The van der Waals surface area contributed by atoms with Gasteiger partial charge in [0.15, 0.2) is 11.9 Å². The zero-order valence-corrected chi connectivity index (χ0v) is 18.4. The number of hydrogen-bond acceptors (Lipinski definition) is 5. The van der Waals surface area contributed by atoms with Crippen molar-refractivity contribution in [2.45, 2.75) is 53.1 Å². The molecule has 0 fully saturated rings. The SMILES string of the molecule is CCOC(=O)C(C)Oc1c(-c2ccc(C(C)(C)C)cc2)oc2cc(C)ccc2c1=O. The van der Waals surface area contributed by atoms with Crippen molar-refractivity contribution in [3.05, 3.63) is 63.8 Å². The molecule has 30 heavy (non-hydrogen) atoms. The van der Waals surface area contributed by atoms with Crippen LogP contribution in [0.4, 0.5) is 0 Å². The first-order chi connectivity index (χ1) is 14.1. The van der Waals surface area contributed by atoms with Crippen LogP contribution in [0.1, 0.15) is 45.7 Å². The lowest BCUT2D eigenvalue weighted by molar-refractivity contribution is -0.150. The van der Waals surface area contributed by atoms with Crippen molar-refractivity contribution >= 4 is 16.9 Å². The molecule has 0 radical (unpaired) electrons. The average Bonchev–Trinajstić information content (AvgIpc) is 2.69. The van der Waals surface area contributed by atoms with Crippen LogP contribution in [0.25, 0.3) is 22.3 Å². The molecule has 0 aliphatic heterocycles. The number of aryl methyl sites for hydroxylation is 1. The third-order valence-electron chi connectivity index (χ3n) is 4.93. The lowest BCUT2D eigenvalue weighted by atomic mass is 9.86. The maximum atomic E-state index is 13.2. The first-order valence-corrected chi connectivity index (χ1v) is 10.1. The molecule has 1 unspecified atom stereocenters. The topological polar surface area (TPSA) is 65.7 Å². The minimum atomic E-state index is -0.941. The zero-order valence-electron chi connectivity index (χ0n) is 18.4. The van der Waals surface area contributed by atoms with E-state index in [0.29, 0.717) is 22.3 Å². The summed E-state index contributed by atoms with van der Waals surface area (Å²) in [6.45, 7) is 11.9. The summed E-state index contributed by atoms with van der Waals surface area (Å²) in [6, 6.07) is 13.2. The normalized spacial score (nSPS) is 12.6. The molecule has 0 spiro atoms. The first kappa shape index (κ1) is 21.6. The standard InChI is InChI=1S/C25H28O5/c1-7-28-24(27)16(3)29-23-21(26)19-13-8-15(2)14-20(19)30-22(23)17-9-11-18(12-10-17)25(4,5)6/h8-14,16H,7H2,1-6H3. The first-order valence-electron chi connectivity index (χ1n) is 10.1. The molecule has 1 heterocycles. The summed E-state index contributed by atoms with van der Waals surface area (Å²) in [5, 5.41) is 0.404. The highest BCUT2D eigenvalue weighted by Crippen LogP contribution is 2.33. The van der Waals surface area contributed by atoms with Gasteiger partial charge >= 0.3 is 5.97 Å². The summed E-state index contributed by atoms with van der Waals surface area (Å²) in [5.74, 6) is -0.222. The molecule has 5 nitrogen and oxygen atoms in total. The van der Waals surface area contributed by atoms with E-state index in [1.807, 2.05) is 43.3 Å². The Kier molecular flexibility index (Phi) is 6.01. The summed E-state index contributed by atoms with van der Waals surface area (Å²) in [5.41, 5.74) is 3.00. The molecule has 1 aromatic heterocycles. The molecule has 3 rings (SSSR count). The summed E-state index contributed by atoms with van der Waals surface area (Å²) >= 11 is 0. The van der Waals surface area contributed by atoms with Crippen LogP contribution in [-0.2, 0) is 14.9 Å². The minimum absolute atomic E-state index is 0.00236. The second kappa shape index (κ2) is 8.34. The Labute approximate surface area is 176 Å². The van der Waals surface area contributed by atoms with Gasteiger partial charge < -0.3 is 13.9 Å². The molecule has 0 saturated heterocycles. The molecule has 5 heteroatoms. The van der Waals surface area contributed by atoms with E-state index in [0.717, 1.165) is 11.1 Å². The lowest BCUT2D eigenvalue weighted by Gasteiger charge is -2.20. The van der Waals surface area contributed by atoms with Crippen molar-refractivity contribution in [1.29, 1.82) is 0 Å². The molecule has 0 aliphatic carbocycles. The van der Waals surface area contributed by atoms with Crippen molar-refractivity contribution in [3.63, 3.8) is 0 Å². The van der Waals surface area contributed by atoms with Gasteiger partial charge in [0.25, 0.3) is 0 Å². The van der Waals surface area contributed by atoms with Gasteiger partial charge in [-0.2, -0.15) is 0 Å². The highest BCUT2D eigenvalue weighted by molar-refractivity contribution is 5.83. The number of rotatable bonds is 5. The number of benzene rings is 2. The van der Waals surface area contributed by atoms with E-state index >= 15 is 0 Å². The van der Waals surface area contributed by atoms with Crippen LogP contribution in [0.3, 0.4) is 0 Å². The number of carbonyl (C=O) groups is 1. The van der Waals surface area contributed by atoms with Crippen LogP contribution < -0.4 is 10.2 Å². The predicted molar refractivity (Wildman–Crippen MR) is 118 cm³/mol. The molecular weight excluding hydrogens is 380 g/mol. The fraction of sp³-hybridized carbons (Fsp3) is 0.360.